The van der Waals surface area contributed by atoms with Gasteiger partial charge in [-0.25, -0.2) is 8.42 Å². The zero-order chi connectivity index (χ0) is 17.0. The van der Waals surface area contributed by atoms with E-state index in [9.17, 15) is 13.5 Å². The molecule has 2 aliphatic rings. The Bertz CT molecular complexity index is 693. The van der Waals surface area contributed by atoms with Crippen LogP contribution < -0.4 is 0 Å². The Labute approximate surface area is 139 Å². The summed E-state index contributed by atoms with van der Waals surface area (Å²) in [5, 5.41) is 9.58. The minimum absolute atomic E-state index is 0.0824. The molecule has 5 heteroatoms. The van der Waals surface area contributed by atoms with Gasteiger partial charge in [-0.2, -0.15) is 4.31 Å². The van der Waals surface area contributed by atoms with Gasteiger partial charge in [0.05, 0.1) is 11.0 Å². The summed E-state index contributed by atoms with van der Waals surface area (Å²) >= 11 is 0. The number of rotatable bonds is 3. The number of hydrogen-bond acceptors (Lipinski definition) is 3. The Balaban J connectivity index is 1.92. The predicted molar refractivity (Wildman–Crippen MR) is 90.5 cm³/mol. The van der Waals surface area contributed by atoms with Crippen LogP contribution in [-0.4, -0.2) is 30.4 Å². The first kappa shape index (κ1) is 16.9. The molecular weight excluding hydrogens is 310 g/mol. The second-order valence-corrected chi connectivity index (χ2v) is 10.4. The van der Waals surface area contributed by atoms with Gasteiger partial charge in [-0.15, -0.1) is 0 Å². The average molecular weight is 337 g/mol. The summed E-state index contributed by atoms with van der Waals surface area (Å²) in [6.07, 6.45) is 2.37. The first-order valence-electron chi connectivity index (χ1n) is 8.32. The third-order valence-corrected chi connectivity index (χ3v) is 7.25. The molecule has 0 radical (unpaired) electrons. The minimum Gasteiger partial charge on any atom is -0.389 e. The fourth-order valence-corrected chi connectivity index (χ4v) is 6.52. The lowest BCUT2D eigenvalue weighted by Gasteiger charge is -2.39. The molecule has 1 aromatic rings. The monoisotopic (exact) mass is 337 g/mol. The van der Waals surface area contributed by atoms with Gasteiger partial charge in [0.25, 0.3) is 0 Å². The van der Waals surface area contributed by atoms with Crippen molar-refractivity contribution in [2.75, 3.05) is 6.54 Å². The molecule has 1 aromatic carbocycles. The normalized spacial score (nSPS) is 32.0. The van der Waals surface area contributed by atoms with Crippen LogP contribution in [0.25, 0.3) is 0 Å². The number of nitrogens with zero attached hydrogens (tertiary/aromatic N) is 1. The molecule has 1 aliphatic carbocycles. The Hall–Kier alpha value is -0.910. The van der Waals surface area contributed by atoms with E-state index < -0.39 is 16.1 Å². The van der Waals surface area contributed by atoms with Crippen molar-refractivity contribution in [3.63, 3.8) is 0 Å². The van der Waals surface area contributed by atoms with Crippen LogP contribution in [0.2, 0.25) is 0 Å². The van der Waals surface area contributed by atoms with Gasteiger partial charge < -0.3 is 5.11 Å². The highest BCUT2D eigenvalue weighted by molar-refractivity contribution is 7.89. The van der Waals surface area contributed by atoms with Crippen molar-refractivity contribution in [1.82, 2.24) is 4.31 Å². The first-order chi connectivity index (χ1) is 10.5. The van der Waals surface area contributed by atoms with Gasteiger partial charge in [-0.1, -0.05) is 32.9 Å². The summed E-state index contributed by atoms with van der Waals surface area (Å²) in [7, 11) is -3.47. The van der Waals surface area contributed by atoms with Crippen LogP contribution in [0, 0.1) is 10.8 Å². The molecule has 2 bridgehead atoms. The van der Waals surface area contributed by atoms with Crippen LogP contribution in [-0.2, 0) is 10.0 Å². The Morgan fingerprint density at radius 1 is 1.17 bits per heavy atom. The smallest absolute Gasteiger partial charge is 0.243 e. The van der Waals surface area contributed by atoms with Crippen LogP contribution in [0.1, 0.15) is 58.6 Å². The fourth-order valence-electron chi connectivity index (χ4n) is 4.74. The van der Waals surface area contributed by atoms with Gasteiger partial charge >= 0.3 is 0 Å². The average Bonchev–Trinajstić information content (AvgIpc) is 2.68. The molecule has 2 fully saturated rings. The van der Waals surface area contributed by atoms with Crippen LogP contribution in [0.4, 0.5) is 0 Å². The van der Waals surface area contributed by atoms with Crippen molar-refractivity contribution in [2.45, 2.75) is 64.0 Å². The molecule has 4 nitrogen and oxygen atoms in total. The summed E-state index contributed by atoms with van der Waals surface area (Å²) < 4.78 is 27.9. The molecule has 1 saturated heterocycles. The third kappa shape index (κ3) is 3.06. The molecule has 128 valence electrons. The molecule has 3 atom stereocenters. The molecule has 23 heavy (non-hydrogen) atoms. The van der Waals surface area contributed by atoms with Gasteiger partial charge in [-0.3, -0.25) is 0 Å². The number of aliphatic hydroxyl groups excluding tert-OH is 1. The molecule has 0 amide bonds. The highest BCUT2D eigenvalue weighted by Gasteiger charge is 2.53. The van der Waals surface area contributed by atoms with Crippen molar-refractivity contribution in [2.24, 2.45) is 10.8 Å². The number of hydrogen-bond donors (Lipinski definition) is 1. The Kier molecular flexibility index (Phi) is 3.90. The van der Waals surface area contributed by atoms with Gasteiger partial charge in [0.1, 0.15) is 0 Å². The minimum atomic E-state index is -3.47. The largest absolute Gasteiger partial charge is 0.389 e. The lowest BCUT2D eigenvalue weighted by atomic mass is 9.65. The zero-order valence-electron chi connectivity index (χ0n) is 14.4. The highest BCUT2D eigenvalue weighted by Crippen LogP contribution is 2.53. The van der Waals surface area contributed by atoms with E-state index in [1.54, 1.807) is 35.5 Å². The molecule has 0 aromatic heterocycles. The predicted octanol–water partition coefficient (Wildman–Crippen LogP) is 3.33. The maximum absolute atomic E-state index is 13.1. The molecule has 0 spiro atoms. The number of sulfonamides is 1. The van der Waals surface area contributed by atoms with Gasteiger partial charge in [0, 0.05) is 12.6 Å². The second kappa shape index (κ2) is 5.30. The Morgan fingerprint density at radius 2 is 1.78 bits per heavy atom. The van der Waals surface area contributed by atoms with Gasteiger partial charge in [0.2, 0.25) is 10.0 Å². The lowest BCUT2D eigenvalue weighted by molar-refractivity contribution is 0.133. The van der Waals surface area contributed by atoms with Crippen molar-refractivity contribution in [1.29, 1.82) is 0 Å². The molecule has 1 saturated carbocycles. The third-order valence-electron chi connectivity index (χ3n) is 5.34. The number of benzene rings is 1. The van der Waals surface area contributed by atoms with E-state index in [2.05, 4.69) is 20.8 Å². The molecule has 1 heterocycles. The lowest BCUT2D eigenvalue weighted by Crippen LogP contribution is -2.37. The van der Waals surface area contributed by atoms with E-state index in [0.717, 1.165) is 24.8 Å². The van der Waals surface area contributed by atoms with Crippen LogP contribution in [0.3, 0.4) is 0 Å². The molecule has 1 aliphatic heterocycles. The van der Waals surface area contributed by atoms with Crippen molar-refractivity contribution in [3.05, 3.63) is 29.8 Å². The summed E-state index contributed by atoms with van der Waals surface area (Å²) in [5.74, 6) is 0. The summed E-state index contributed by atoms with van der Waals surface area (Å²) in [6.45, 7) is 8.99. The van der Waals surface area contributed by atoms with Crippen LogP contribution >= 0.6 is 0 Å². The first-order valence-corrected chi connectivity index (χ1v) is 9.76. The van der Waals surface area contributed by atoms with E-state index in [-0.39, 0.29) is 16.9 Å². The van der Waals surface area contributed by atoms with Crippen molar-refractivity contribution in [3.8, 4) is 0 Å². The topological polar surface area (TPSA) is 57.6 Å². The maximum Gasteiger partial charge on any atom is 0.243 e. The Morgan fingerprint density at radius 3 is 2.35 bits per heavy atom. The van der Waals surface area contributed by atoms with Crippen molar-refractivity contribution < 1.29 is 13.5 Å². The molecular formula is C18H27NO3S. The van der Waals surface area contributed by atoms with E-state index in [1.165, 1.54) is 0 Å². The quantitative estimate of drug-likeness (QED) is 0.920. The summed E-state index contributed by atoms with van der Waals surface area (Å²) in [5.41, 5.74) is 1.01. The number of fused-ring (bicyclic) bond motifs is 2. The van der Waals surface area contributed by atoms with Gasteiger partial charge in [0.15, 0.2) is 0 Å². The second-order valence-electron chi connectivity index (χ2n) is 8.51. The molecule has 1 N–H and O–H groups in total. The van der Waals surface area contributed by atoms with Crippen LogP contribution in [0.5, 0.6) is 0 Å². The summed E-state index contributed by atoms with van der Waals surface area (Å²) in [4.78, 5) is 0.329. The standard InChI is InChI=1S/C18H27NO3S/c1-13(20)14-5-7-16(8-6-14)23(21,22)19-12-18(4)10-15(19)9-17(2,3)11-18/h5-8,13,15,20H,9-12H2,1-4H3. The van der Waals surface area contributed by atoms with E-state index in [4.69, 9.17) is 0 Å². The van der Waals surface area contributed by atoms with Crippen LogP contribution in [0.15, 0.2) is 29.2 Å². The van der Waals surface area contributed by atoms with E-state index >= 15 is 0 Å². The zero-order valence-corrected chi connectivity index (χ0v) is 15.2. The molecule has 3 rings (SSSR count). The van der Waals surface area contributed by atoms with E-state index in [1.807, 2.05) is 0 Å². The van der Waals surface area contributed by atoms with Gasteiger partial charge in [-0.05, 0) is 54.7 Å². The highest BCUT2D eigenvalue weighted by atomic mass is 32.2. The van der Waals surface area contributed by atoms with Crippen molar-refractivity contribution >= 4 is 10.0 Å². The summed E-state index contributed by atoms with van der Waals surface area (Å²) in [6, 6.07) is 6.74. The fraction of sp³-hybridized carbons (Fsp3) is 0.667. The maximum atomic E-state index is 13.1. The van der Waals surface area contributed by atoms with E-state index in [0.29, 0.717) is 11.4 Å². The number of aliphatic hydroxyl groups is 1. The SMILES string of the molecule is CC(O)c1ccc(S(=O)(=O)N2CC3(C)CC2CC(C)(C)C3)cc1. The molecule has 3 unspecified atom stereocenters.